The van der Waals surface area contributed by atoms with Crippen LogP contribution in [0, 0.1) is 5.82 Å². The Hall–Kier alpha value is -0.890. The molecular formula is C11H15FO. The molecule has 0 spiro atoms. The van der Waals surface area contributed by atoms with E-state index in [1.807, 2.05) is 13.0 Å². The van der Waals surface area contributed by atoms with Gasteiger partial charge >= 0.3 is 0 Å². The number of hydrogen-bond donors (Lipinski definition) is 1. The minimum absolute atomic E-state index is 0.0377. The van der Waals surface area contributed by atoms with Crippen LogP contribution in [0.3, 0.4) is 0 Å². The standard InChI is InChI=1S/C11H15FO/c1-3-11(8(2)13)9-5-4-6-10(12)7-9/h4-8,11,13H,3H2,1-2H3. The fraction of sp³-hybridized carbons (Fsp3) is 0.455. The molecular weight excluding hydrogens is 167 g/mol. The molecule has 0 heterocycles. The van der Waals surface area contributed by atoms with Crippen LogP contribution in [-0.2, 0) is 0 Å². The van der Waals surface area contributed by atoms with Crippen molar-refractivity contribution in [2.75, 3.05) is 0 Å². The second-order valence-corrected chi connectivity index (χ2v) is 3.31. The van der Waals surface area contributed by atoms with Gasteiger partial charge in [-0.05, 0) is 31.0 Å². The molecule has 0 saturated carbocycles. The van der Waals surface area contributed by atoms with Crippen LogP contribution < -0.4 is 0 Å². The summed E-state index contributed by atoms with van der Waals surface area (Å²) in [7, 11) is 0. The lowest BCUT2D eigenvalue weighted by molar-refractivity contribution is 0.159. The number of hydrogen-bond acceptors (Lipinski definition) is 1. The van der Waals surface area contributed by atoms with E-state index >= 15 is 0 Å². The lowest BCUT2D eigenvalue weighted by Gasteiger charge is -2.18. The molecule has 2 heteroatoms. The van der Waals surface area contributed by atoms with Crippen molar-refractivity contribution in [2.24, 2.45) is 0 Å². The highest BCUT2D eigenvalue weighted by Gasteiger charge is 2.14. The number of aliphatic hydroxyl groups excluding tert-OH is 1. The van der Waals surface area contributed by atoms with Crippen molar-refractivity contribution in [3.05, 3.63) is 35.6 Å². The first-order valence-electron chi connectivity index (χ1n) is 4.58. The Kier molecular flexibility index (Phi) is 3.43. The van der Waals surface area contributed by atoms with Crippen LogP contribution in [0.15, 0.2) is 24.3 Å². The van der Waals surface area contributed by atoms with E-state index in [0.29, 0.717) is 0 Å². The lowest BCUT2D eigenvalue weighted by atomic mass is 9.92. The van der Waals surface area contributed by atoms with Crippen LogP contribution in [0.5, 0.6) is 0 Å². The summed E-state index contributed by atoms with van der Waals surface area (Å²) in [5, 5.41) is 9.43. The predicted octanol–water partition coefficient (Wildman–Crippen LogP) is 2.70. The largest absolute Gasteiger partial charge is 0.393 e. The Labute approximate surface area is 78.2 Å². The van der Waals surface area contributed by atoms with Crippen LogP contribution in [0.4, 0.5) is 4.39 Å². The lowest BCUT2D eigenvalue weighted by Crippen LogP contribution is -2.13. The average Bonchev–Trinajstić information content (AvgIpc) is 2.04. The van der Waals surface area contributed by atoms with Gasteiger partial charge in [-0.3, -0.25) is 0 Å². The maximum absolute atomic E-state index is 12.8. The Balaban J connectivity index is 2.91. The molecule has 0 aromatic heterocycles. The number of halogens is 1. The fourth-order valence-corrected chi connectivity index (χ4v) is 1.59. The Morgan fingerprint density at radius 3 is 2.62 bits per heavy atom. The SMILES string of the molecule is CCC(c1cccc(F)c1)C(C)O. The molecule has 0 bridgehead atoms. The van der Waals surface area contributed by atoms with E-state index in [9.17, 15) is 9.50 Å². The maximum atomic E-state index is 12.8. The van der Waals surface area contributed by atoms with Crippen molar-refractivity contribution in [1.29, 1.82) is 0 Å². The quantitative estimate of drug-likeness (QED) is 0.762. The van der Waals surface area contributed by atoms with Gasteiger partial charge in [-0.25, -0.2) is 4.39 Å². The van der Waals surface area contributed by atoms with Crippen molar-refractivity contribution in [3.8, 4) is 0 Å². The average molecular weight is 182 g/mol. The Morgan fingerprint density at radius 1 is 1.46 bits per heavy atom. The summed E-state index contributed by atoms with van der Waals surface area (Å²) in [4.78, 5) is 0. The van der Waals surface area contributed by atoms with Crippen LogP contribution >= 0.6 is 0 Å². The molecule has 0 radical (unpaired) electrons. The molecule has 0 aliphatic carbocycles. The molecule has 2 unspecified atom stereocenters. The van der Waals surface area contributed by atoms with Gasteiger partial charge < -0.3 is 5.11 Å². The summed E-state index contributed by atoms with van der Waals surface area (Å²) < 4.78 is 12.8. The molecule has 0 fully saturated rings. The molecule has 2 atom stereocenters. The third-order valence-corrected chi connectivity index (χ3v) is 2.30. The number of rotatable bonds is 3. The van der Waals surface area contributed by atoms with Crippen LogP contribution in [0.2, 0.25) is 0 Å². The number of benzene rings is 1. The van der Waals surface area contributed by atoms with Crippen LogP contribution in [0.1, 0.15) is 31.7 Å². The van der Waals surface area contributed by atoms with Crippen molar-refractivity contribution in [3.63, 3.8) is 0 Å². The van der Waals surface area contributed by atoms with E-state index in [0.717, 1.165) is 12.0 Å². The highest BCUT2D eigenvalue weighted by molar-refractivity contribution is 5.21. The zero-order valence-electron chi connectivity index (χ0n) is 8.00. The molecule has 1 nitrogen and oxygen atoms in total. The van der Waals surface area contributed by atoms with E-state index in [1.165, 1.54) is 12.1 Å². The van der Waals surface area contributed by atoms with Gasteiger partial charge in [0, 0.05) is 5.92 Å². The topological polar surface area (TPSA) is 20.2 Å². The van der Waals surface area contributed by atoms with Crippen LogP contribution in [0.25, 0.3) is 0 Å². The van der Waals surface area contributed by atoms with Gasteiger partial charge in [0.05, 0.1) is 6.10 Å². The molecule has 0 saturated heterocycles. The Bertz CT molecular complexity index is 271. The third kappa shape index (κ3) is 2.52. The van der Waals surface area contributed by atoms with Gasteiger partial charge in [0.15, 0.2) is 0 Å². The van der Waals surface area contributed by atoms with E-state index in [1.54, 1.807) is 13.0 Å². The van der Waals surface area contributed by atoms with E-state index in [2.05, 4.69) is 0 Å². The molecule has 1 aromatic rings. The molecule has 1 rings (SSSR count). The summed E-state index contributed by atoms with van der Waals surface area (Å²) in [6.45, 7) is 3.72. The zero-order chi connectivity index (χ0) is 9.84. The van der Waals surface area contributed by atoms with Gasteiger partial charge in [0.1, 0.15) is 5.82 Å². The molecule has 0 aliphatic heterocycles. The summed E-state index contributed by atoms with van der Waals surface area (Å²) in [6.07, 6.45) is 0.396. The molecule has 0 amide bonds. The van der Waals surface area contributed by atoms with Gasteiger partial charge in [-0.1, -0.05) is 19.1 Å². The molecule has 0 aliphatic rings. The first-order chi connectivity index (χ1) is 6.15. The van der Waals surface area contributed by atoms with Gasteiger partial charge in [-0.2, -0.15) is 0 Å². The number of aliphatic hydroxyl groups is 1. The molecule has 1 N–H and O–H groups in total. The highest BCUT2D eigenvalue weighted by Crippen LogP contribution is 2.23. The summed E-state index contributed by atoms with van der Waals surface area (Å²) >= 11 is 0. The molecule has 13 heavy (non-hydrogen) atoms. The monoisotopic (exact) mass is 182 g/mol. The second kappa shape index (κ2) is 4.38. The smallest absolute Gasteiger partial charge is 0.123 e. The highest BCUT2D eigenvalue weighted by atomic mass is 19.1. The van der Waals surface area contributed by atoms with E-state index in [4.69, 9.17) is 0 Å². The second-order valence-electron chi connectivity index (χ2n) is 3.31. The summed E-state index contributed by atoms with van der Waals surface area (Å²) in [5.74, 6) is -0.202. The first kappa shape index (κ1) is 10.2. The van der Waals surface area contributed by atoms with Crippen molar-refractivity contribution in [1.82, 2.24) is 0 Å². The minimum Gasteiger partial charge on any atom is -0.393 e. The molecule has 1 aromatic carbocycles. The van der Waals surface area contributed by atoms with Crippen molar-refractivity contribution < 1.29 is 9.50 Å². The summed E-state index contributed by atoms with van der Waals surface area (Å²) in [6, 6.07) is 6.43. The minimum atomic E-state index is -0.424. The van der Waals surface area contributed by atoms with Crippen LogP contribution in [-0.4, -0.2) is 11.2 Å². The van der Waals surface area contributed by atoms with E-state index in [-0.39, 0.29) is 11.7 Å². The maximum Gasteiger partial charge on any atom is 0.123 e. The van der Waals surface area contributed by atoms with E-state index < -0.39 is 6.10 Å². The fourth-order valence-electron chi connectivity index (χ4n) is 1.59. The normalized spacial score (nSPS) is 15.4. The third-order valence-electron chi connectivity index (χ3n) is 2.30. The van der Waals surface area contributed by atoms with Gasteiger partial charge in [-0.15, -0.1) is 0 Å². The van der Waals surface area contributed by atoms with Crippen molar-refractivity contribution >= 4 is 0 Å². The van der Waals surface area contributed by atoms with Gasteiger partial charge in [0.2, 0.25) is 0 Å². The predicted molar refractivity (Wildman–Crippen MR) is 51.1 cm³/mol. The summed E-state index contributed by atoms with van der Waals surface area (Å²) in [5.41, 5.74) is 0.873. The zero-order valence-corrected chi connectivity index (χ0v) is 8.00. The molecule has 72 valence electrons. The van der Waals surface area contributed by atoms with Gasteiger partial charge in [0.25, 0.3) is 0 Å². The first-order valence-corrected chi connectivity index (χ1v) is 4.58. The Morgan fingerprint density at radius 2 is 2.15 bits per heavy atom. The van der Waals surface area contributed by atoms with Crippen molar-refractivity contribution in [2.45, 2.75) is 32.3 Å².